The molecule has 1 aromatic rings. The molecule has 0 bridgehead atoms. The molecule has 2 nitrogen and oxygen atoms in total. The second-order valence-electron chi connectivity index (χ2n) is 5.56. The lowest BCUT2D eigenvalue weighted by Gasteiger charge is -2.38. The van der Waals surface area contributed by atoms with Crippen molar-refractivity contribution < 1.29 is 0 Å². The zero-order valence-electron chi connectivity index (χ0n) is 11.8. The van der Waals surface area contributed by atoms with Crippen LogP contribution >= 0.6 is 11.6 Å². The van der Waals surface area contributed by atoms with Gasteiger partial charge < -0.3 is 5.73 Å². The molecule has 2 N–H and O–H groups in total. The molecule has 1 aliphatic rings. The van der Waals surface area contributed by atoms with Gasteiger partial charge in [-0.3, -0.25) is 4.90 Å². The van der Waals surface area contributed by atoms with Crippen LogP contribution in [-0.2, 0) is 0 Å². The zero-order valence-corrected chi connectivity index (χ0v) is 12.6. The highest BCUT2D eigenvalue weighted by molar-refractivity contribution is 6.30. The minimum atomic E-state index is 0.499. The van der Waals surface area contributed by atoms with Gasteiger partial charge in [-0.1, -0.05) is 30.7 Å². The van der Waals surface area contributed by atoms with Crippen molar-refractivity contribution in [3.05, 3.63) is 34.9 Å². The molecular formula is C16H25ClN2. The van der Waals surface area contributed by atoms with Crippen molar-refractivity contribution >= 4 is 11.6 Å². The van der Waals surface area contributed by atoms with E-state index in [4.69, 9.17) is 17.3 Å². The summed E-state index contributed by atoms with van der Waals surface area (Å²) in [5.41, 5.74) is 7.06. The number of piperidine rings is 1. The van der Waals surface area contributed by atoms with E-state index in [1.165, 1.54) is 31.5 Å². The molecule has 0 radical (unpaired) electrons. The van der Waals surface area contributed by atoms with Crippen molar-refractivity contribution in [2.45, 2.75) is 38.6 Å². The molecule has 1 heterocycles. The summed E-state index contributed by atoms with van der Waals surface area (Å²) in [6.45, 7) is 5.46. The van der Waals surface area contributed by atoms with Crippen LogP contribution in [0.15, 0.2) is 24.3 Å². The lowest BCUT2D eigenvalue weighted by molar-refractivity contribution is 0.117. The second kappa shape index (κ2) is 7.28. The van der Waals surface area contributed by atoms with E-state index in [-0.39, 0.29) is 0 Å². The van der Waals surface area contributed by atoms with Gasteiger partial charge in [0.1, 0.15) is 0 Å². The predicted molar refractivity (Wildman–Crippen MR) is 82.5 cm³/mol. The van der Waals surface area contributed by atoms with E-state index in [2.05, 4.69) is 30.0 Å². The molecule has 0 amide bonds. The number of benzene rings is 1. The van der Waals surface area contributed by atoms with Crippen LogP contribution in [0.3, 0.4) is 0 Å². The third-order valence-electron chi connectivity index (χ3n) is 4.19. The first-order valence-corrected chi connectivity index (χ1v) is 7.82. The van der Waals surface area contributed by atoms with Crippen LogP contribution in [0.4, 0.5) is 0 Å². The molecule has 1 aromatic carbocycles. The number of nitrogens with two attached hydrogens (primary N) is 1. The van der Waals surface area contributed by atoms with Gasteiger partial charge in [-0.2, -0.15) is 0 Å². The summed E-state index contributed by atoms with van der Waals surface area (Å²) >= 11 is 6.13. The minimum absolute atomic E-state index is 0.499. The molecule has 2 unspecified atom stereocenters. The second-order valence-corrected chi connectivity index (χ2v) is 6.00. The summed E-state index contributed by atoms with van der Waals surface area (Å²) in [6.07, 6.45) is 4.92. The van der Waals surface area contributed by atoms with E-state index in [1.807, 2.05) is 6.07 Å². The minimum Gasteiger partial charge on any atom is -0.330 e. The fraction of sp³-hybridized carbons (Fsp3) is 0.625. The molecule has 2 rings (SSSR count). The van der Waals surface area contributed by atoms with E-state index >= 15 is 0 Å². The highest BCUT2D eigenvalue weighted by Crippen LogP contribution is 2.31. The van der Waals surface area contributed by atoms with E-state index in [0.717, 1.165) is 30.3 Å². The summed E-state index contributed by atoms with van der Waals surface area (Å²) in [4.78, 5) is 2.62. The van der Waals surface area contributed by atoms with E-state index in [1.54, 1.807) is 0 Å². The average Bonchev–Trinajstić information content (AvgIpc) is 2.41. The highest BCUT2D eigenvalue weighted by Gasteiger charge is 2.25. The third-order valence-corrected chi connectivity index (χ3v) is 4.42. The van der Waals surface area contributed by atoms with Gasteiger partial charge in [-0.05, 0) is 62.4 Å². The fourth-order valence-corrected chi connectivity index (χ4v) is 3.47. The van der Waals surface area contributed by atoms with Gasteiger partial charge >= 0.3 is 0 Å². The number of rotatable bonds is 5. The molecule has 3 heteroatoms. The monoisotopic (exact) mass is 280 g/mol. The highest BCUT2D eigenvalue weighted by atomic mass is 35.5. The van der Waals surface area contributed by atoms with Crippen LogP contribution in [0, 0.1) is 5.92 Å². The average molecular weight is 281 g/mol. The topological polar surface area (TPSA) is 29.3 Å². The van der Waals surface area contributed by atoms with Crippen molar-refractivity contribution in [1.82, 2.24) is 4.90 Å². The van der Waals surface area contributed by atoms with Gasteiger partial charge in [0.15, 0.2) is 0 Å². The smallest absolute Gasteiger partial charge is 0.0409 e. The summed E-state index contributed by atoms with van der Waals surface area (Å²) in [7, 11) is 0. The molecule has 1 aliphatic heterocycles. The van der Waals surface area contributed by atoms with E-state index in [0.29, 0.717) is 6.04 Å². The third kappa shape index (κ3) is 3.95. The Morgan fingerprint density at radius 3 is 3.00 bits per heavy atom. The first-order chi connectivity index (χ1) is 9.24. The van der Waals surface area contributed by atoms with Crippen LogP contribution in [0.25, 0.3) is 0 Å². The molecule has 19 heavy (non-hydrogen) atoms. The Kier molecular flexibility index (Phi) is 5.68. The standard InChI is InChI=1S/C16H25ClN2/c1-2-16(14-6-3-7-15(17)11-14)19-10-4-5-13(12-19)8-9-18/h3,6-7,11,13,16H,2,4-5,8-10,12,18H2,1H3. The SMILES string of the molecule is CCC(c1cccc(Cl)c1)N1CCCC(CCN)C1. The quantitative estimate of drug-likeness (QED) is 0.888. The molecule has 0 spiro atoms. The number of likely N-dealkylation sites (tertiary alicyclic amines) is 1. The lowest BCUT2D eigenvalue weighted by Crippen LogP contribution is -2.38. The molecule has 2 atom stereocenters. The normalized spacial score (nSPS) is 22.4. The number of halogens is 1. The molecule has 1 fully saturated rings. The maximum atomic E-state index is 6.13. The Hall–Kier alpha value is -0.570. The first-order valence-electron chi connectivity index (χ1n) is 7.44. The van der Waals surface area contributed by atoms with Crippen LogP contribution in [0.1, 0.15) is 44.2 Å². The molecule has 0 saturated carbocycles. The number of nitrogens with zero attached hydrogens (tertiary/aromatic N) is 1. The van der Waals surface area contributed by atoms with Crippen molar-refractivity contribution in [2.24, 2.45) is 11.7 Å². The van der Waals surface area contributed by atoms with Crippen LogP contribution in [-0.4, -0.2) is 24.5 Å². The molecule has 0 aromatic heterocycles. The zero-order chi connectivity index (χ0) is 13.7. The number of hydrogen-bond donors (Lipinski definition) is 1. The molecule has 106 valence electrons. The Morgan fingerprint density at radius 1 is 1.47 bits per heavy atom. The Labute approximate surface area is 121 Å². The van der Waals surface area contributed by atoms with Gasteiger partial charge in [0.05, 0.1) is 0 Å². The van der Waals surface area contributed by atoms with Gasteiger partial charge in [0.2, 0.25) is 0 Å². The fourth-order valence-electron chi connectivity index (χ4n) is 3.27. The van der Waals surface area contributed by atoms with Gasteiger partial charge in [0.25, 0.3) is 0 Å². The van der Waals surface area contributed by atoms with Crippen molar-refractivity contribution in [2.75, 3.05) is 19.6 Å². The Morgan fingerprint density at radius 2 is 2.32 bits per heavy atom. The maximum Gasteiger partial charge on any atom is 0.0409 e. The predicted octanol–water partition coefficient (Wildman–Crippen LogP) is 3.85. The van der Waals surface area contributed by atoms with Crippen molar-refractivity contribution in [3.63, 3.8) is 0 Å². The summed E-state index contributed by atoms with van der Waals surface area (Å²) in [6, 6.07) is 8.82. The molecule has 0 aliphatic carbocycles. The lowest BCUT2D eigenvalue weighted by atomic mass is 9.92. The van der Waals surface area contributed by atoms with Crippen molar-refractivity contribution in [1.29, 1.82) is 0 Å². The molecule has 1 saturated heterocycles. The van der Waals surface area contributed by atoms with Gasteiger partial charge in [-0.15, -0.1) is 0 Å². The summed E-state index contributed by atoms with van der Waals surface area (Å²) < 4.78 is 0. The Balaban J connectivity index is 2.08. The van der Waals surface area contributed by atoms with Gasteiger partial charge in [0, 0.05) is 17.6 Å². The largest absolute Gasteiger partial charge is 0.330 e. The molecular weight excluding hydrogens is 256 g/mol. The van der Waals surface area contributed by atoms with Gasteiger partial charge in [-0.25, -0.2) is 0 Å². The number of hydrogen-bond acceptors (Lipinski definition) is 2. The Bertz CT molecular complexity index is 392. The van der Waals surface area contributed by atoms with Crippen LogP contribution in [0.2, 0.25) is 5.02 Å². The van der Waals surface area contributed by atoms with Crippen LogP contribution < -0.4 is 5.73 Å². The van der Waals surface area contributed by atoms with E-state index < -0.39 is 0 Å². The first kappa shape index (κ1) is 14.8. The summed E-state index contributed by atoms with van der Waals surface area (Å²) in [5, 5.41) is 0.839. The maximum absolute atomic E-state index is 6.13. The summed E-state index contributed by atoms with van der Waals surface area (Å²) in [5.74, 6) is 0.770. The van der Waals surface area contributed by atoms with Crippen LogP contribution in [0.5, 0.6) is 0 Å². The van der Waals surface area contributed by atoms with E-state index in [9.17, 15) is 0 Å². The van der Waals surface area contributed by atoms with Crippen molar-refractivity contribution in [3.8, 4) is 0 Å².